The van der Waals surface area contributed by atoms with Gasteiger partial charge < -0.3 is 4.98 Å². The van der Waals surface area contributed by atoms with Crippen LogP contribution in [-0.2, 0) is 0 Å². The second kappa shape index (κ2) is 6.15. The summed E-state index contributed by atoms with van der Waals surface area (Å²) in [7, 11) is 0. The number of aryl methyl sites for hydroxylation is 1. The van der Waals surface area contributed by atoms with Gasteiger partial charge in [0, 0.05) is 29.1 Å². The normalized spacial score (nSPS) is 13.2. The summed E-state index contributed by atoms with van der Waals surface area (Å²) in [6, 6.07) is 13.4. The molecule has 3 rings (SSSR count). The highest BCUT2D eigenvalue weighted by Crippen LogP contribution is 2.41. The number of Topliss-reactive ketones (excluding diaryl/α,β-unsaturated/α-hetero) is 1. The number of carbonyl (C=O) groups excluding carboxylic acids is 1. The predicted molar refractivity (Wildman–Crippen MR) is 87.2 cm³/mol. The first-order chi connectivity index (χ1) is 11.4. The van der Waals surface area contributed by atoms with E-state index in [0.29, 0.717) is 16.5 Å². The lowest BCUT2D eigenvalue weighted by Gasteiger charge is -2.19. The van der Waals surface area contributed by atoms with E-state index in [-0.39, 0.29) is 5.56 Å². The Hall–Kier alpha value is -2.56. The molecule has 0 fully saturated rings. The molecular formula is C19H16F3NO. The Kier molecular flexibility index (Phi) is 4.18. The average Bonchev–Trinajstić information content (AvgIpc) is 2.95. The lowest BCUT2D eigenvalue weighted by Crippen LogP contribution is -2.23. The van der Waals surface area contributed by atoms with Crippen LogP contribution in [0.15, 0.2) is 54.7 Å². The number of alkyl halides is 3. The van der Waals surface area contributed by atoms with Gasteiger partial charge in [0.05, 0.1) is 5.92 Å². The van der Waals surface area contributed by atoms with E-state index in [4.69, 9.17) is 0 Å². The third-order valence-corrected chi connectivity index (χ3v) is 4.15. The Morgan fingerprint density at radius 2 is 1.75 bits per heavy atom. The first-order valence-corrected chi connectivity index (χ1v) is 7.59. The summed E-state index contributed by atoms with van der Waals surface area (Å²) >= 11 is 0. The molecule has 2 aromatic carbocycles. The van der Waals surface area contributed by atoms with E-state index in [9.17, 15) is 18.0 Å². The largest absolute Gasteiger partial charge is 0.396 e. The number of carbonyl (C=O) groups is 1. The van der Waals surface area contributed by atoms with Crippen LogP contribution in [0.2, 0.25) is 0 Å². The van der Waals surface area contributed by atoms with Gasteiger partial charge in [-0.25, -0.2) is 0 Å². The van der Waals surface area contributed by atoms with Gasteiger partial charge in [0.15, 0.2) is 5.78 Å². The maximum Gasteiger partial charge on any atom is 0.396 e. The molecule has 2 nitrogen and oxygen atoms in total. The van der Waals surface area contributed by atoms with Gasteiger partial charge >= 0.3 is 6.18 Å². The molecule has 1 heterocycles. The predicted octanol–water partition coefficient (Wildman–Crippen LogP) is 5.40. The van der Waals surface area contributed by atoms with Crippen LogP contribution in [0.3, 0.4) is 0 Å². The summed E-state index contributed by atoms with van der Waals surface area (Å²) in [6.07, 6.45) is -3.75. The maximum absolute atomic E-state index is 13.6. The molecule has 0 aliphatic rings. The summed E-state index contributed by atoms with van der Waals surface area (Å²) in [4.78, 5) is 15.2. The van der Waals surface area contributed by atoms with E-state index < -0.39 is 24.3 Å². The minimum atomic E-state index is -4.49. The first-order valence-electron chi connectivity index (χ1n) is 7.59. The van der Waals surface area contributed by atoms with Gasteiger partial charge in [-0.05, 0) is 18.6 Å². The fourth-order valence-electron chi connectivity index (χ4n) is 2.83. The van der Waals surface area contributed by atoms with Crippen LogP contribution in [0.1, 0.15) is 33.8 Å². The number of rotatable bonds is 4. The van der Waals surface area contributed by atoms with Crippen LogP contribution in [-0.4, -0.2) is 16.9 Å². The molecule has 0 saturated heterocycles. The SMILES string of the molecule is Cc1ccc(C(=O)C[C@H](c2c[nH]c3ccccc23)C(F)(F)F)cc1. The number of halogens is 3. The van der Waals surface area contributed by atoms with E-state index >= 15 is 0 Å². The first kappa shape index (κ1) is 16.3. The fourth-order valence-corrected chi connectivity index (χ4v) is 2.83. The number of para-hydroxylation sites is 1. The average molecular weight is 331 g/mol. The number of nitrogens with one attached hydrogen (secondary N) is 1. The number of aromatic amines is 1. The second-order valence-electron chi connectivity index (χ2n) is 5.88. The van der Waals surface area contributed by atoms with E-state index in [0.717, 1.165) is 5.56 Å². The Morgan fingerprint density at radius 3 is 2.42 bits per heavy atom. The van der Waals surface area contributed by atoms with Crippen molar-refractivity contribution in [1.29, 1.82) is 0 Å². The van der Waals surface area contributed by atoms with Gasteiger partial charge in [-0.2, -0.15) is 13.2 Å². The molecular weight excluding hydrogens is 315 g/mol. The Morgan fingerprint density at radius 1 is 1.08 bits per heavy atom. The molecule has 0 spiro atoms. The number of H-pyrrole nitrogens is 1. The van der Waals surface area contributed by atoms with Crippen LogP contribution in [0.25, 0.3) is 10.9 Å². The third kappa shape index (κ3) is 3.20. The fraction of sp³-hybridized carbons (Fsp3) is 0.211. The molecule has 1 aromatic heterocycles. The monoisotopic (exact) mass is 331 g/mol. The van der Waals surface area contributed by atoms with Gasteiger partial charge in [0.25, 0.3) is 0 Å². The van der Waals surface area contributed by atoms with Gasteiger partial charge in [0.1, 0.15) is 0 Å². The molecule has 0 saturated carbocycles. The smallest absolute Gasteiger partial charge is 0.361 e. The number of ketones is 1. The molecule has 24 heavy (non-hydrogen) atoms. The lowest BCUT2D eigenvalue weighted by molar-refractivity contribution is -0.149. The highest BCUT2D eigenvalue weighted by Gasteiger charge is 2.43. The van der Waals surface area contributed by atoms with Gasteiger partial charge in [-0.15, -0.1) is 0 Å². The molecule has 0 aliphatic carbocycles. The number of fused-ring (bicyclic) bond motifs is 1. The molecule has 1 N–H and O–H groups in total. The van der Waals surface area contributed by atoms with Crippen molar-refractivity contribution in [2.45, 2.75) is 25.4 Å². The zero-order chi connectivity index (χ0) is 17.3. The van der Waals surface area contributed by atoms with Gasteiger partial charge in [-0.3, -0.25) is 4.79 Å². The Balaban J connectivity index is 1.96. The summed E-state index contributed by atoms with van der Waals surface area (Å²) in [5, 5.41) is 0.497. The minimum absolute atomic E-state index is 0.110. The van der Waals surface area contributed by atoms with E-state index in [2.05, 4.69) is 4.98 Å². The van der Waals surface area contributed by atoms with Crippen LogP contribution in [0, 0.1) is 6.92 Å². The molecule has 3 aromatic rings. The zero-order valence-corrected chi connectivity index (χ0v) is 13.0. The number of hydrogen-bond donors (Lipinski definition) is 1. The van der Waals surface area contributed by atoms with Crippen molar-refractivity contribution in [3.8, 4) is 0 Å². The maximum atomic E-state index is 13.6. The number of hydrogen-bond acceptors (Lipinski definition) is 1. The van der Waals surface area contributed by atoms with Crippen molar-refractivity contribution in [3.05, 3.63) is 71.4 Å². The highest BCUT2D eigenvalue weighted by atomic mass is 19.4. The molecule has 1 atom stereocenters. The number of benzene rings is 2. The van der Waals surface area contributed by atoms with E-state index in [1.54, 1.807) is 48.5 Å². The Labute approximate surface area is 137 Å². The minimum Gasteiger partial charge on any atom is -0.361 e. The van der Waals surface area contributed by atoms with Crippen molar-refractivity contribution in [2.75, 3.05) is 0 Å². The van der Waals surface area contributed by atoms with Crippen molar-refractivity contribution >= 4 is 16.7 Å². The second-order valence-corrected chi connectivity index (χ2v) is 5.88. The topological polar surface area (TPSA) is 32.9 Å². The van der Waals surface area contributed by atoms with Gasteiger partial charge in [-0.1, -0.05) is 48.0 Å². The summed E-state index contributed by atoms with van der Waals surface area (Å²) in [5.74, 6) is -2.34. The molecule has 124 valence electrons. The summed E-state index contributed by atoms with van der Waals surface area (Å²) in [6.45, 7) is 1.86. The van der Waals surface area contributed by atoms with Crippen LogP contribution in [0.4, 0.5) is 13.2 Å². The quantitative estimate of drug-likeness (QED) is 0.638. The molecule has 0 amide bonds. The van der Waals surface area contributed by atoms with E-state index in [1.807, 2.05) is 6.92 Å². The van der Waals surface area contributed by atoms with E-state index in [1.165, 1.54) is 6.20 Å². The lowest BCUT2D eigenvalue weighted by atomic mass is 9.90. The third-order valence-electron chi connectivity index (χ3n) is 4.15. The van der Waals surface area contributed by atoms with Crippen molar-refractivity contribution < 1.29 is 18.0 Å². The van der Waals surface area contributed by atoms with Crippen LogP contribution >= 0.6 is 0 Å². The van der Waals surface area contributed by atoms with Crippen molar-refractivity contribution in [3.63, 3.8) is 0 Å². The molecule has 5 heteroatoms. The van der Waals surface area contributed by atoms with Crippen molar-refractivity contribution in [1.82, 2.24) is 4.98 Å². The highest BCUT2D eigenvalue weighted by molar-refractivity contribution is 5.97. The standard InChI is InChI=1S/C19H16F3NO/c1-12-6-8-13(9-7-12)18(24)10-16(19(20,21)22)15-11-23-17-5-3-2-4-14(15)17/h2-9,11,16,23H,10H2,1H3/t16-/m1/s1. The Bertz CT molecular complexity index is 862. The molecule has 0 radical (unpaired) electrons. The number of aromatic nitrogens is 1. The molecule has 0 bridgehead atoms. The van der Waals surface area contributed by atoms with Crippen LogP contribution < -0.4 is 0 Å². The van der Waals surface area contributed by atoms with Gasteiger partial charge in [0.2, 0.25) is 0 Å². The zero-order valence-electron chi connectivity index (χ0n) is 13.0. The summed E-state index contributed by atoms with van der Waals surface area (Å²) < 4.78 is 40.8. The van der Waals surface area contributed by atoms with Crippen molar-refractivity contribution in [2.24, 2.45) is 0 Å². The molecule has 0 aliphatic heterocycles. The van der Waals surface area contributed by atoms with Crippen LogP contribution in [0.5, 0.6) is 0 Å². The molecule has 0 unspecified atom stereocenters. The summed E-state index contributed by atoms with van der Waals surface area (Å²) in [5.41, 5.74) is 1.99.